The maximum Gasteiger partial charge on any atom is 0.279 e. The second-order valence-corrected chi connectivity index (χ2v) is 5.10. The Morgan fingerprint density at radius 2 is 2.33 bits per heavy atom. The maximum absolute atomic E-state index is 14.1. The summed E-state index contributed by atoms with van der Waals surface area (Å²) in [5.74, 6) is -1.17. The van der Waals surface area contributed by atoms with Crippen molar-refractivity contribution in [3.8, 4) is 11.7 Å². The summed E-state index contributed by atoms with van der Waals surface area (Å²) in [6.45, 7) is 2.08. The van der Waals surface area contributed by atoms with Crippen LogP contribution in [0.4, 0.5) is 4.39 Å². The van der Waals surface area contributed by atoms with Gasteiger partial charge in [0.2, 0.25) is 5.88 Å². The summed E-state index contributed by atoms with van der Waals surface area (Å²) >= 11 is 6.20. The number of ether oxygens (including phenoxy) is 1. The van der Waals surface area contributed by atoms with E-state index in [1.807, 2.05) is 0 Å². The summed E-state index contributed by atoms with van der Waals surface area (Å²) < 4.78 is 20.4. The summed E-state index contributed by atoms with van der Waals surface area (Å²) in [6.07, 6.45) is 1.24. The summed E-state index contributed by atoms with van der Waals surface area (Å²) in [4.78, 5) is 26.6. The number of rotatable bonds is 3. The van der Waals surface area contributed by atoms with E-state index in [0.29, 0.717) is 17.0 Å². The zero-order valence-corrected chi connectivity index (χ0v) is 12.3. The molecule has 0 amide bonds. The fourth-order valence-corrected chi connectivity index (χ4v) is 2.68. The fraction of sp³-hybridized carbons (Fsp3) is 0.182. The lowest BCUT2D eigenvalue weighted by Gasteiger charge is -2.07. The van der Waals surface area contributed by atoms with Crippen molar-refractivity contribution < 1.29 is 9.13 Å². The first-order valence-corrected chi connectivity index (χ1v) is 7.15. The van der Waals surface area contributed by atoms with Crippen LogP contribution in [0.5, 0.6) is 5.88 Å². The minimum atomic E-state index is -0.939. The Bertz CT molecular complexity index is 932. The summed E-state index contributed by atoms with van der Waals surface area (Å²) in [6, 6.07) is 0. The van der Waals surface area contributed by atoms with Crippen molar-refractivity contribution in [3.63, 3.8) is 0 Å². The molecule has 0 saturated carbocycles. The molecule has 108 valence electrons. The van der Waals surface area contributed by atoms with Gasteiger partial charge in [-0.1, -0.05) is 0 Å². The highest BCUT2D eigenvalue weighted by molar-refractivity contribution is 7.71. The Kier molecular flexibility index (Phi) is 3.47. The number of aromatic nitrogens is 5. The second-order valence-electron chi connectivity index (χ2n) is 3.86. The van der Waals surface area contributed by atoms with E-state index in [-0.39, 0.29) is 16.5 Å². The molecule has 0 aliphatic rings. The van der Waals surface area contributed by atoms with Gasteiger partial charge in [-0.05, 0) is 19.1 Å². The normalized spacial score (nSPS) is 11.0. The van der Waals surface area contributed by atoms with E-state index in [0.717, 1.165) is 15.9 Å². The van der Waals surface area contributed by atoms with Gasteiger partial charge in [-0.2, -0.15) is 9.37 Å². The van der Waals surface area contributed by atoms with Gasteiger partial charge in [-0.15, -0.1) is 11.3 Å². The maximum atomic E-state index is 14.1. The van der Waals surface area contributed by atoms with Gasteiger partial charge in [0.05, 0.1) is 18.3 Å². The van der Waals surface area contributed by atoms with Gasteiger partial charge in [0.25, 0.3) is 11.5 Å². The molecule has 0 aromatic carbocycles. The van der Waals surface area contributed by atoms with E-state index in [9.17, 15) is 9.18 Å². The van der Waals surface area contributed by atoms with Crippen LogP contribution >= 0.6 is 23.6 Å². The monoisotopic (exact) mass is 325 g/mol. The van der Waals surface area contributed by atoms with Gasteiger partial charge < -0.3 is 9.72 Å². The molecule has 0 aliphatic carbocycles. The molecule has 7 nitrogen and oxygen atoms in total. The highest BCUT2D eigenvalue weighted by Crippen LogP contribution is 2.15. The second kappa shape index (κ2) is 5.30. The number of H-pyrrole nitrogens is 1. The number of aromatic amines is 1. The van der Waals surface area contributed by atoms with Gasteiger partial charge in [-0.25, -0.2) is 14.5 Å². The number of hydrogen-bond acceptors (Lipinski definition) is 7. The molecular formula is C11H8FN5O2S2. The van der Waals surface area contributed by atoms with Crippen LogP contribution < -0.4 is 10.3 Å². The van der Waals surface area contributed by atoms with E-state index in [2.05, 4.69) is 19.9 Å². The molecule has 0 saturated heterocycles. The summed E-state index contributed by atoms with van der Waals surface area (Å²) in [5.41, 5.74) is 1.38. The van der Waals surface area contributed by atoms with Crippen LogP contribution in [0, 0.1) is 10.7 Å². The van der Waals surface area contributed by atoms with Crippen LogP contribution in [-0.2, 0) is 0 Å². The Labute approximate surface area is 126 Å². The first-order valence-electron chi connectivity index (χ1n) is 5.86. The van der Waals surface area contributed by atoms with Gasteiger partial charge in [0.15, 0.2) is 16.2 Å². The lowest BCUT2D eigenvalue weighted by atomic mass is 10.5. The van der Waals surface area contributed by atoms with Crippen LogP contribution in [0.1, 0.15) is 6.92 Å². The van der Waals surface area contributed by atoms with Crippen molar-refractivity contribution in [1.29, 1.82) is 0 Å². The molecule has 0 bridgehead atoms. The molecular weight excluding hydrogens is 317 g/mol. The molecule has 0 unspecified atom stereocenters. The SMILES string of the molecule is CCOc1cnc(-n2c(=S)[nH]c3ncsc3c2=O)c(F)n1. The molecule has 3 rings (SSSR count). The first kappa shape index (κ1) is 13.8. The topological polar surface area (TPSA) is 85.7 Å². The fourth-order valence-electron chi connectivity index (χ4n) is 1.74. The van der Waals surface area contributed by atoms with Crippen LogP contribution in [-0.4, -0.2) is 31.1 Å². The quantitative estimate of drug-likeness (QED) is 0.740. The number of nitrogens with one attached hydrogen (secondary N) is 1. The minimum Gasteiger partial charge on any atom is -0.477 e. The Morgan fingerprint density at radius 1 is 1.52 bits per heavy atom. The van der Waals surface area contributed by atoms with Crippen molar-refractivity contribution in [3.05, 3.63) is 32.8 Å². The number of fused-ring (bicyclic) bond motifs is 1. The number of hydrogen-bond donors (Lipinski definition) is 1. The third kappa shape index (κ3) is 2.32. The van der Waals surface area contributed by atoms with Gasteiger partial charge in [0.1, 0.15) is 4.70 Å². The first-order chi connectivity index (χ1) is 10.1. The van der Waals surface area contributed by atoms with Gasteiger partial charge >= 0.3 is 0 Å². The molecule has 0 radical (unpaired) electrons. The summed E-state index contributed by atoms with van der Waals surface area (Å²) in [5, 5.41) is 0. The van der Waals surface area contributed by atoms with Crippen LogP contribution in [0.15, 0.2) is 16.5 Å². The van der Waals surface area contributed by atoms with E-state index in [1.165, 1.54) is 11.7 Å². The molecule has 21 heavy (non-hydrogen) atoms. The third-order valence-corrected chi connectivity index (χ3v) is 3.69. The van der Waals surface area contributed by atoms with Crippen molar-refractivity contribution in [1.82, 2.24) is 24.5 Å². The largest absolute Gasteiger partial charge is 0.477 e. The average Bonchev–Trinajstić information content (AvgIpc) is 2.90. The van der Waals surface area contributed by atoms with Crippen LogP contribution in [0.25, 0.3) is 16.2 Å². The molecule has 3 heterocycles. The minimum absolute atomic E-state index is 0.00393. The van der Waals surface area contributed by atoms with Crippen LogP contribution in [0.3, 0.4) is 0 Å². The van der Waals surface area contributed by atoms with Crippen molar-refractivity contribution in [2.45, 2.75) is 6.92 Å². The number of thiazole rings is 1. The van der Waals surface area contributed by atoms with Gasteiger partial charge in [-0.3, -0.25) is 4.79 Å². The lowest BCUT2D eigenvalue weighted by Crippen LogP contribution is -2.22. The van der Waals surface area contributed by atoms with E-state index in [1.54, 1.807) is 6.92 Å². The molecule has 3 aromatic rings. The molecule has 1 N–H and O–H groups in total. The van der Waals surface area contributed by atoms with E-state index in [4.69, 9.17) is 17.0 Å². The average molecular weight is 325 g/mol. The highest BCUT2D eigenvalue weighted by Gasteiger charge is 2.16. The molecule has 0 aliphatic heterocycles. The lowest BCUT2D eigenvalue weighted by molar-refractivity contribution is 0.318. The molecule has 0 spiro atoms. The number of halogens is 1. The standard InChI is InChI=1S/C11H8FN5O2S2/c1-2-19-5-3-13-9(7(12)15-5)17-10(18)6-8(14-4-21-6)16-11(17)20/h3-4H,2H2,1H3,(H,16,20). The Balaban J connectivity index is 2.25. The van der Waals surface area contributed by atoms with Gasteiger partial charge in [0, 0.05) is 0 Å². The Morgan fingerprint density at radius 3 is 3.05 bits per heavy atom. The predicted molar refractivity (Wildman–Crippen MR) is 77.1 cm³/mol. The van der Waals surface area contributed by atoms with E-state index >= 15 is 0 Å². The number of nitrogens with zero attached hydrogens (tertiary/aromatic N) is 4. The van der Waals surface area contributed by atoms with Crippen molar-refractivity contribution >= 4 is 33.9 Å². The predicted octanol–water partition coefficient (Wildman–Crippen LogP) is 1.83. The Hall–Kier alpha value is -2.20. The van der Waals surface area contributed by atoms with Crippen LogP contribution in [0.2, 0.25) is 0 Å². The zero-order valence-electron chi connectivity index (χ0n) is 10.7. The molecule has 3 aromatic heterocycles. The van der Waals surface area contributed by atoms with Crippen molar-refractivity contribution in [2.24, 2.45) is 0 Å². The van der Waals surface area contributed by atoms with E-state index < -0.39 is 11.5 Å². The van der Waals surface area contributed by atoms with Crippen molar-refractivity contribution in [2.75, 3.05) is 6.61 Å². The smallest absolute Gasteiger partial charge is 0.279 e. The zero-order chi connectivity index (χ0) is 15.0. The molecule has 0 fully saturated rings. The highest BCUT2D eigenvalue weighted by atomic mass is 32.1. The third-order valence-electron chi connectivity index (χ3n) is 2.59. The molecule has 10 heteroatoms. The summed E-state index contributed by atoms with van der Waals surface area (Å²) in [7, 11) is 0. The molecule has 0 atom stereocenters.